The van der Waals surface area contributed by atoms with Gasteiger partial charge in [0.15, 0.2) is 0 Å². The van der Waals surface area contributed by atoms with E-state index in [0.717, 1.165) is 6.07 Å². The molecule has 110 valence electrons. The summed E-state index contributed by atoms with van der Waals surface area (Å²) in [5.74, 6) is -1.19. The smallest absolute Gasteiger partial charge is 0.416 e. The normalized spacial score (nSPS) is 18.1. The number of carboxylic acid groups (broad SMARTS) is 1. The Bertz CT molecular complexity index is 480. The number of carboxylic acids is 1. The number of carbonyl (C=O) groups is 1. The molecule has 2 rings (SSSR count). The summed E-state index contributed by atoms with van der Waals surface area (Å²) in [6.07, 6.45) is -3.37. The van der Waals surface area contributed by atoms with Gasteiger partial charge >= 0.3 is 12.1 Å². The minimum absolute atomic E-state index is 0.210. The molecule has 0 atom stereocenters. The molecule has 20 heavy (non-hydrogen) atoms. The molecule has 0 amide bonds. The average Bonchev–Trinajstić information content (AvgIpc) is 2.38. The fraction of sp³-hybridized carbons (Fsp3) is 0.500. The highest BCUT2D eigenvalue weighted by molar-refractivity contribution is 5.70. The number of hydrogen-bond acceptors (Lipinski definition) is 2. The van der Waals surface area contributed by atoms with Crippen LogP contribution in [0, 0.1) is 5.92 Å². The van der Waals surface area contributed by atoms with Crippen LogP contribution in [0.4, 0.5) is 13.2 Å². The fourth-order valence-electron chi connectivity index (χ4n) is 2.51. The Kier molecular flexibility index (Phi) is 4.32. The van der Waals surface area contributed by atoms with Gasteiger partial charge in [-0.15, -0.1) is 0 Å². The molecule has 0 spiro atoms. The molecule has 1 N–H and O–H groups in total. The van der Waals surface area contributed by atoms with E-state index in [1.54, 1.807) is 6.07 Å². The van der Waals surface area contributed by atoms with E-state index in [0.29, 0.717) is 25.9 Å². The quantitative estimate of drug-likeness (QED) is 0.929. The van der Waals surface area contributed by atoms with Gasteiger partial charge < -0.3 is 5.11 Å². The molecule has 3 nitrogen and oxygen atoms in total. The lowest BCUT2D eigenvalue weighted by Gasteiger charge is -2.30. The van der Waals surface area contributed by atoms with Crippen molar-refractivity contribution in [3.63, 3.8) is 0 Å². The number of halogens is 3. The number of aliphatic carboxylic acids is 1. The Labute approximate surface area is 115 Å². The lowest BCUT2D eigenvalue weighted by Crippen LogP contribution is -2.36. The first-order valence-electron chi connectivity index (χ1n) is 6.48. The maximum atomic E-state index is 12.9. The van der Waals surface area contributed by atoms with Crippen molar-refractivity contribution in [1.29, 1.82) is 0 Å². The second kappa shape index (κ2) is 5.83. The Balaban J connectivity index is 2.03. The monoisotopic (exact) mass is 287 g/mol. The van der Waals surface area contributed by atoms with E-state index in [1.165, 1.54) is 12.1 Å². The van der Waals surface area contributed by atoms with Crippen LogP contribution in [0.3, 0.4) is 0 Å². The molecule has 1 aliphatic rings. The summed E-state index contributed by atoms with van der Waals surface area (Å²) < 4.78 is 38.6. The summed E-state index contributed by atoms with van der Waals surface area (Å²) in [5, 5.41) is 8.90. The first kappa shape index (κ1) is 14.8. The highest BCUT2D eigenvalue weighted by atomic mass is 19.4. The Hall–Kier alpha value is -1.56. The van der Waals surface area contributed by atoms with Crippen LogP contribution in [0.15, 0.2) is 24.3 Å². The van der Waals surface area contributed by atoms with Gasteiger partial charge in [-0.2, -0.15) is 13.2 Å². The van der Waals surface area contributed by atoms with Gasteiger partial charge in [0.1, 0.15) is 0 Å². The van der Waals surface area contributed by atoms with E-state index in [1.807, 2.05) is 4.90 Å². The van der Waals surface area contributed by atoms with E-state index < -0.39 is 17.7 Å². The summed E-state index contributed by atoms with van der Waals surface area (Å²) in [6.45, 7) is 1.24. The first-order chi connectivity index (χ1) is 9.38. The van der Waals surface area contributed by atoms with Gasteiger partial charge in [-0.05, 0) is 37.6 Å². The van der Waals surface area contributed by atoms with Gasteiger partial charge in [-0.3, -0.25) is 9.69 Å². The summed E-state index contributed by atoms with van der Waals surface area (Å²) in [5.41, 5.74) is -0.367. The Morgan fingerprint density at radius 2 is 1.85 bits per heavy atom. The molecule has 0 aromatic heterocycles. The van der Waals surface area contributed by atoms with E-state index in [2.05, 4.69) is 0 Å². The third-order valence-corrected chi connectivity index (χ3v) is 3.65. The summed E-state index contributed by atoms with van der Waals surface area (Å²) in [7, 11) is 0. The lowest BCUT2D eigenvalue weighted by molar-refractivity contribution is -0.143. The number of nitrogens with zero attached hydrogens (tertiary/aromatic N) is 1. The van der Waals surface area contributed by atoms with Gasteiger partial charge in [0.05, 0.1) is 11.5 Å². The number of alkyl halides is 3. The molecule has 6 heteroatoms. The highest BCUT2D eigenvalue weighted by Crippen LogP contribution is 2.32. The van der Waals surface area contributed by atoms with Crippen molar-refractivity contribution in [3.05, 3.63) is 35.4 Å². The number of likely N-dealkylation sites (tertiary alicyclic amines) is 1. The third kappa shape index (κ3) is 3.50. The second-order valence-corrected chi connectivity index (χ2v) is 5.04. The van der Waals surface area contributed by atoms with Crippen LogP contribution in [-0.4, -0.2) is 29.1 Å². The number of rotatable bonds is 3. The van der Waals surface area contributed by atoms with Crippen LogP contribution < -0.4 is 0 Å². The van der Waals surface area contributed by atoms with Crippen molar-refractivity contribution in [1.82, 2.24) is 4.90 Å². The van der Waals surface area contributed by atoms with E-state index in [-0.39, 0.29) is 18.0 Å². The summed E-state index contributed by atoms with van der Waals surface area (Å²) in [6, 6.07) is 5.53. The van der Waals surface area contributed by atoms with Crippen molar-refractivity contribution in [2.45, 2.75) is 25.6 Å². The van der Waals surface area contributed by atoms with Crippen molar-refractivity contribution in [3.8, 4) is 0 Å². The molecule has 0 aliphatic carbocycles. The van der Waals surface area contributed by atoms with Gasteiger partial charge in [-0.1, -0.05) is 18.2 Å². The van der Waals surface area contributed by atoms with Crippen molar-refractivity contribution in [2.24, 2.45) is 5.92 Å². The highest BCUT2D eigenvalue weighted by Gasteiger charge is 2.33. The fourth-order valence-corrected chi connectivity index (χ4v) is 2.51. The zero-order valence-corrected chi connectivity index (χ0v) is 10.9. The Morgan fingerprint density at radius 3 is 2.40 bits per heavy atom. The van der Waals surface area contributed by atoms with Crippen molar-refractivity contribution in [2.75, 3.05) is 13.1 Å². The zero-order valence-electron chi connectivity index (χ0n) is 10.9. The molecular formula is C14H16F3NO2. The van der Waals surface area contributed by atoms with E-state index >= 15 is 0 Å². The van der Waals surface area contributed by atoms with Crippen LogP contribution >= 0.6 is 0 Å². The van der Waals surface area contributed by atoms with Crippen LogP contribution in [0.25, 0.3) is 0 Å². The average molecular weight is 287 g/mol. The largest absolute Gasteiger partial charge is 0.481 e. The number of benzene rings is 1. The maximum absolute atomic E-state index is 12.9. The first-order valence-corrected chi connectivity index (χ1v) is 6.48. The summed E-state index contributed by atoms with van der Waals surface area (Å²) in [4.78, 5) is 12.7. The predicted octanol–water partition coefficient (Wildman–Crippen LogP) is 3.00. The third-order valence-electron chi connectivity index (χ3n) is 3.65. The van der Waals surface area contributed by atoms with Crippen LogP contribution in [0.1, 0.15) is 24.0 Å². The minimum atomic E-state index is -4.35. The Morgan fingerprint density at radius 1 is 1.25 bits per heavy atom. The zero-order chi connectivity index (χ0) is 14.8. The standard InChI is InChI=1S/C14H16F3NO2/c15-14(16,17)12-4-2-1-3-11(12)9-18-7-5-10(6-8-18)13(19)20/h1-4,10H,5-9H2,(H,19,20). The van der Waals surface area contributed by atoms with Crippen LogP contribution in [0.5, 0.6) is 0 Å². The van der Waals surface area contributed by atoms with Crippen molar-refractivity contribution >= 4 is 5.97 Å². The molecule has 1 fully saturated rings. The predicted molar refractivity (Wildman–Crippen MR) is 67.1 cm³/mol. The van der Waals surface area contributed by atoms with Gasteiger partial charge in [0.25, 0.3) is 0 Å². The van der Waals surface area contributed by atoms with E-state index in [4.69, 9.17) is 5.11 Å². The molecular weight excluding hydrogens is 271 g/mol. The molecule has 1 aromatic carbocycles. The minimum Gasteiger partial charge on any atom is -0.481 e. The van der Waals surface area contributed by atoms with Gasteiger partial charge in [0.2, 0.25) is 0 Å². The van der Waals surface area contributed by atoms with Gasteiger partial charge in [0, 0.05) is 6.54 Å². The SMILES string of the molecule is O=C(O)C1CCN(Cc2ccccc2C(F)(F)F)CC1. The molecule has 0 unspecified atom stereocenters. The molecule has 0 radical (unpaired) electrons. The number of piperidine rings is 1. The van der Waals surface area contributed by atoms with Gasteiger partial charge in [-0.25, -0.2) is 0 Å². The topological polar surface area (TPSA) is 40.5 Å². The second-order valence-electron chi connectivity index (χ2n) is 5.04. The lowest BCUT2D eigenvalue weighted by atomic mass is 9.96. The van der Waals surface area contributed by atoms with Crippen LogP contribution in [0.2, 0.25) is 0 Å². The van der Waals surface area contributed by atoms with Crippen LogP contribution in [-0.2, 0) is 17.5 Å². The molecule has 1 heterocycles. The van der Waals surface area contributed by atoms with Crippen molar-refractivity contribution < 1.29 is 23.1 Å². The summed E-state index contributed by atoms with van der Waals surface area (Å²) >= 11 is 0. The molecule has 1 aliphatic heterocycles. The molecule has 1 saturated heterocycles. The maximum Gasteiger partial charge on any atom is 0.416 e. The number of hydrogen-bond donors (Lipinski definition) is 1. The molecule has 0 bridgehead atoms. The molecule has 0 saturated carbocycles. The molecule has 1 aromatic rings. The van der Waals surface area contributed by atoms with E-state index in [9.17, 15) is 18.0 Å².